The zero-order chi connectivity index (χ0) is 42.1. The Labute approximate surface area is 358 Å². The molecule has 15 heteroatoms. The Morgan fingerprint density at radius 1 is 0.820 bits per heavy atom. The summed E-state index contributed by atoms with van der Waals surface area (Å²) in [6, 6.07) is 32.5. The van der Waals surface area contributed by atoms with Crippen molar-refractivity contribution >= 4 is 52.0 Å². The number of aromatic nitrogens is 5. The third-order valence-electron chi connectivity index (χ3n) is 11.7. The van der Waals surface area contributed by atoms with Gasteiger partial charge in [-0.2, -0.15) is 4.39 Å². The number of nitrogens with zero attached hydrogens (tertiary/aromatic N) is 5. The maximum Gasteiger partial charge on any atom is 0.511 e. The minimum atomic E-state index is -1.08. The van der Waals surface area contributed by atoms with Crippen LogP contribution in [0.3, 0.4) is 0 Å². The molecule has 3 aliphatic carbocycles. The minimum Gasteiger partial charge on any atom is -0.435 e. The Bertz CT molecular complexity index is 2600. The molecule has 0 aliphatic heterocycles. The second kappa shape index (κ2) is 17.0. The van der Waals surface area contributed by atoms with Gasteiger partial charge in [-0.3, -0.25) is 4.79 Å². The van der Waals surface area contributed by atoms with Crippen LogP contribution >= 0.6 is 22.9 Å². The molecule has 10 rings (SSSR count). The molecule has 4 aromatic heterocycles. The molecule has 3 fully saturated rings. The minimum absolute atomic E-state index is 0.0175. The summed E-state index contributed by atoms with van der Waals surface area (Å²) in [5.74, 6) is -3.05. The van der Waals surface area contributed by atoms with Crippen LogP contribution in [0.4, 0.5) is 19.4 Å². The van der Waals surface area contributed by atoms with Crippen LogP contribution in [-0.4, -0.2) is 56.1 Å². The highest BCUT2D eigenvalue weighted by Gasteiger charge is 2.49. The third-order valence-corrected chi connectivity index (χ3v) is 13.0. The van der Waals surface area contributed by atoms with Crippen LogP contribution in [0.25, 0.3) is 33.1 Å². The first-order chi connectivity index (χ1) is 29.8. The third kappa shape index (κ3) is 7.48. The van der Waals surface area contributed by atoms with Crippen LogP contribution in [0.1, 0.15) is 49.3 Å². The quantitative estimate of drug-likeness (QED) is 0.0720. The van der Waals surface area contributed by atoms with Crippen molar-refractivity contribution in [2.45, 2.75) is 44.2 Å². The van der Waals surface area contributed by atoms with Gasteiger partial charge in [-0.05, 0) is 73.3 Å². The van der Waals surface area contributed by atoms with Crippen LogP contribution in [0.5, 0.6) is 0 Å². The first-order valence-electron chi connectivity index (χ1n) is 20.0. The number of nitrogens with one attached hydrogen (secondary N) is 1. The van der Waals surface area contributed by atoms with Gasteiger partial charge in [0, 0.05) is 12.2 Å². The molecule has 3 aliphatic rings. The molecule has 0 amide bonds. The van der Waals surface area contributed by atoms with Crippen molar-refractivity contribution in [1.29, 1.82) is 0 Å². The monoisotopic (exact) mass is 860 g/mol. The number of thiophene rings is 1. The number of hydrogen-bond donors (Lipinski definition) is 1. The van der Waals surface area contributed by atoms with Gasteiger partial charge in [-0.15, -0.1) is 11.3 Å². The van der Waals surface area contributed by atoms with Crippen LogP contribution in [0, 0.1) is 29.5 Å². The van der Waals surface area contributed by atoms with Crippen molar-refractivity contribution in [2.75, 3.05) is 18.7 Å². The number of rotatable bonds is 12. The highest BCUT2D eigenvalue weighted by Crippen LogP contribution is 2.48. The molecule has 3 saturated carbocycles. The van der Waals surface area contributed by atoms with Gasteiger partial charge in [0.1, 0.15) is 16.7 Å². The summed E-state index contributed by atoms with van der Waals surface area (Å²) in [6.07, 6.45) is 5.10. The predicted octanol–water partition coefficient (Wildman–Crippen LogP) is 10.3. The van der Waals surface area contributed by atoms with Gasteiger partial charge in [0.15, 0.2) is 23.1 Å². The summed E-state index contributed by atoms with van der Waals surface area (Å²) in [6.45, 7) is 1.12. The lowest BCUT2D eigenvalue weighted by Crippen LogP contribution is -2.52. The van der Waals surface area contributed by atoms with E-state index in [1.165, 1.54) is 0 Å². The number of fused-ring (bicyclic) bond motifs is 4. The molecule has 1 N–H and O–H groups in total. The summed E-state index contributed by atoms with van der Waals surface area (Å²) in [7, 11) is 0. The molecule has 7 aromatic rings. The van der Waals surface area contributed by atoms with Gasteiger partial charge < -0.3 is 24.1 Å². The maximum atomic E-state index is 17.1. The molecule has 0 saturated heterocycles. The molecule has 310 valence electrons. The summed E-state index contributed by atoms with van der Waals surface area (Å²) in [4.78, 5) is 44.7. The lowest BCUT2D eigenvalue weighted by molar-refractivity contribution is -0.164. The van der Waals surface area contributed by atoms with E-state index < -0.39 is 48.2 Å². The molecule has 2 atom stereocenters. The van der Waals surface area contributed by atoms with Gasteiger partial charge >= 0.3 is 12.1 Å². The van der Waals surface area contributed by atoms with Crippen molar-refractivity contribution in [2.24, 2.45) is 17.8 Å². The van der Waals surface area contributed by atoms with Crippen molar-refractivity contribution < 1.29 is 32.6 Å². The number of hydrogen-bond acceptors (Lipinski definition) is 11. The Morgan fingerprint density at radius 2 is 1.44 bits per heavy atom. The molecule has 61 heavy (non-hydrogen) atoms. The van der Waals surface area contributed by atoms with Crippen molar-refractivity contribution in [3.63, 3.8) is 0 Å². The lowest BCUT2D eigenvalue weighted by atomic mass is 9.61. The van der Waals surface area contributed by atoms with E-state index >= 15 is 8.78 Å². The molecule has 4 heterocycles. The number of carbonyl (C=O) groups excluding carboxylic acids is 2. The van der Waals surface area contributed by atoms with Gasteiger partial charge in [0.25, 0.3) is 0 Å². The fourth-order valence-corrected chi connectivity index (χ4v) is 10.2. The number of ether oxygens (including phenoxy) is 3. The van der Waals surface area contributed by atoms with E-state index in [1.54, 1.807) is 25.3 Å². The van der Waals surface area contributed by atoms with E-state index in [4.69, 9.17) is 35.8 Å². The fourth-order valence-electron chi connectivity index (χ4n) is 9.16. The average molecular weight is 861 g/mol. The number of halogens is 3. The van der Waals surface area contributed by atoms with Crippen molar-refractivity contribution in [3.8, 4) is 22.0 Å². The Balaban J connectivity index is 1.22. The smallest absolute Gasteiger partial charge is 0.435 e. The predicted molar refractivity (Wildman–Crippen MR) is 227 cm³/mol. The summed E-state index contributed by atoms with van der Waals surface area (Å²) < 4.78 is 50.0. The average Bonchev–Trinajstić information content (AvgIpc) is 3.89. The standard InChI is InChI=1S/C46H39ClF2N6O5S/c1-2-58-45(57)60-26-59-44(56)36-27-18-20-28(21-19-27)38(36)52-42-37(49)40(33-22-23-34(47)61-33)53-41(54-42)32-25-55(43-39(32)51-35(48)24-50-43)46(29-12-6-3-7-13-29,30-14-8-4-9-15-30)31-16-10-5-11-17-31/h3-17,22-25,27-28,36,38H,2,18-21,26H2,1H3,(H,52,53,54)/t27?,28?,36-,38-/m0/s1. The van der Waals surface area contributed by atoms with Crippen LogP contribution in [-0.2, 0) is 24.5 Å². The first kappa shape index (κ1) is 40.2. The van der Waals surface area contributed by atoms with E-state index in [1.807, 2.05) is 95.6 Å². The van der Waals surface area contributed by atoms with Crippen molar-refractivity contribution in [1.82, 2.24) is 24.5 Å². The van der Waals surface area contributed by atoms with Crippen LogP contribution in [0.2, 0.25) is 4.34 Å². The first-order valence-corrected chi connectivity index (χ1v) is 21.2. The molecule has 11 nitrogen and oxygen atoms in total. The van der Waals surface area contributed by atoms with E-state index in [2.05, 4.69) is 15.3 Å². The lowest BCUT2D eigenvalue weighted by Gasteiger charge is -2.47. The van der Waals surface area contributed by atoms with E-state index in [9.17, 15) is 9.59 Å². The van der Waals surface area contributed by atoms with Gasteiger partial charge in [-0.25, -0.2) is 29.1 Å². The highest BCUT2D eigenvalue weighted by atomic mass is 35.5. The Kier molecular flexibility index (Phi) is 11.2. The van der Waals surface area contributed by atoms with E-state index in [0.29, 0.717) is 20.4 Å². The maximum absolute atomic E-state index is 17.1. The van der Waals surface area contributed by atoms with Crippen molar-refractivity contribution in [3.05, 3.63) is 148 Å². The zero-order valence-corrected chi connectivity index (χ0v) is 34.4. The number of carbonyl (C=O) groups is 2. The highest BCUT2D eigenvalue weighted by molar-refractivity contribution is 7.19. The molecular formula is C46H39ClF2N6O5S. The topological polar surface area (TPSA) is 130 Å². The summed E-state index contributed by atoms with van der Waals surface area (Å²) in [5, 5.41) is 3.33. The largest absolute Gasteiger partial charge is 0.511 e. The Morgan fingerprint density at radius 3 is 2.03 bits per heavy atom. The van der Waals surface area contributed by atoms with Crippen LogP contribution < -0.4 is 5.32 Å². The molecular weight excluding hydrogens is 822 g/mol. The SMILES string of the molecule is CCOC(=O)OCOC(=O)[C@H]1C2CCC(CC2)[C@@H]1Nc1nc(-c2cn(C(c3ccccc3)(c3ccccc3)c3ccccc3)c3ncc(F)nc23)nc(-c2ccc(Cl)s2)c1F. The number of anilines is 1. The second-order valence-corrected chi connectivity index (χ2v) is 16.7. The van der Waals surface area contributed by atoms with E-state index in [-0.39, 0.29) is 41.3 Å². The molecule has 2 bridgehead atoms. The molecule has 0 unspecified atom stereocenters. The van der Waals surface area contributed by atoms with Gasteiger partial charge in [-0.1, -0.05) is 103 Å². The molecule has 0 spiro atoms. The Hall–Kier alpha value is -6.25. The zero-order valence-electron chi connectivity index (χ0n) is 32.8. The van der Waals surface area contributed by atoms with Gasteiger partial charge in [0.2, 0.25) is 12.7 Å². The van der Waals surface area contributed by atoms with E-state index in [0.717, 1.165) is 59.9 Å². The number of benzene rings is 3. The molecule has 3 aromatic carbocycles. The summed E-state index contributed by atoms with van der Waals surface area (Å²) >= 11 is 7.54. The van der Waals surface area contributed by atoms with Crippen LogP contribution in [0.15, 0.2) is 116 Å². The second-order valence-electron chi connectivity index (χ2n) is 15.0. The molecule has 0 radical (unpaired) electrons. The summed E-state index contributed by atoms with van der Waals surface area (Å²) in [5.41, 5.74) is 2.30. The fraction of sp³-hybridized carbons (Fsp3) is 0.261. The van der Waals surface area contributed by atoms with Gasteiger partial charge in [0.05, 0.1) is 33.5 Å². The normalized spacial score (nSPS) is 18.5. The number of esters is 1.